The number of nitrogens with two attached hydrogens (primary N) is 2. The molecule has 0 atom stereocenters. The number of rotatable bonds is 5. The number of nitrogens with zero attached hydrogens (tertiary/aromatic N) is 3. The van der Waals surface area contributed by atoms with Crippen molar-refractivity contribution in [3.63, 3.8) is 0 Å². The number of anilines is 1. The lowest BCUT2D eigenvalue weighted by atomic mass is 10.1. The van der Waals surface area contributed by atoms with Crippen LogP contribution in [0.15, 0.2) is 52.1 Å². The molecule has 0 unspecified atom stereocenters. The third-order valence-electron chi connectivity index (χ3n) is 4.67. The molecule has 4 N–H and O–H groups in total. The predicted octanol–water partition coefficient (Wildman–Crippen LogP) is 3.68. The zero-order chi connectivity index (χ0) is 21.1. The number of halogens is 1. The third kappa shape index (κ3) is 4.48. The molecule has 0 radical (unpaired) electrons. The van der Waals surface area contributed by atoms with Crippen LogP contribution in [0.5, 0.6) is 0 Å². The molecule has 0 aliphatic rings. The minimum Gasteiger partial charge on any atom is -0.398 e. The summed E-state index contributed by atoms with van der Waals surface area (Å²) in [6.07, 6.45) is 0. The van der Waals surface area contributed by atoms with Crippen LogP contribution in [-0.2, 0) is 11.4 Å². The van der Waals surface area contributed by atoms with Crippen LogP contribution in [0, 0.1) is 20.8 Å². The van der Waals surface area contributed by atoms with Crippen molar-refractivity contribution in [1.82, 2.24) is 9.78 Å². The van der Waals surface area contributed by atoms with E-state index < -0.39 is 5.97 Å². The summed E-state index contributed by atoms with van der Waals surface area (Å²) in [6.45, 7) is 6.28. The smallest absolute Gasteiger partial charge is 0.365 e. The van der Waals surface area contributed by atoms with Gasteiger partial charge in [0.2, 0.25) is 0 Å². The maximum Gasteiger partial charge on any atom is 0.365 e. The molecule has 0 aliphatic carbocycles. The second kappa shape index (κ2) is 8.48. The van der Waals surface area contributed by atoms with E-state index in [1.807, 2.05) is 31.5 Å². The number of hydrogen-bond donors (Lipinski definition) is 2. The van der Waals surface area contributed by atoms with Crippen molar-refractivity contribution in [2.75, 3.05) is 5.73 Å². The molecular weight excluding hydrogens is 434 g/mol. The number of hydrogen-bond acceptors (Lipinski definition) is 5. The number of aryl methyl sites for hydroxylation is 1. The molecular formula is C21H22BrN5O2. The maximum atomic E-state index is 12.4. The van der Waals surface area contributed by atoms with Gasteiger partial charge in [0.25, 0.3) is 0 Å². The Kier molecular flexibility index (Phi) is 6.03. The van der Waals surface area contributed by atoms with E-state index in [1.165, 1.54) is 0 Å². The Balaban J connectivity index is 1.75. The molecule has 0 fully saturated rings. The number of benzene rings is 2. The molecule has 3 aromatic rings. The number of aromatic nitrogens is 2. The minimum atomic E-state index is -0.592. The van der Waals surface area contributed by atoms with Crippen LogP contribution in [0.25, 0.3) is 0 Å². The fourth-order valence-corrected chi connectivity index (χ4v) is 3.21. The third-order valence-corrected chi connectivity index (χ3v) is 5.81. The number of oxime groups is 1. The summed E-state index contributed by atoms with van der Waals surface area (Å²) in [6, 6.07) is 12.4. The molecule has 2 aromatic carbocycles. The quantitative estimate of drug-likeness (QED) is 0.200. The van der Waals surface area contributed by atoms with Crippen LogP contribution in [0.3, 0.4) is 0 Å². The Bertz CT molecular complexity index is 1100. The van der Waals surface area contributed by atoms with Crippen molar-refractivity contribution in [1.29, 1.82) is 0 Å². The summed E-state index contributed by atoms with van der Waals surface area (Å²) in [4.78, 5) is 17.5. The fourth-order valence-electron chi connectivity index (χ4n) is 2.92. The highest BCUT2D eigenvalue weighted by atomic mass is 79.9. The molecule has 0 bridgehead atoms. The van der Waals surface area contributed by atoms with E-state index >= 15 is 0 Å². The predicted molar refractivity (Wildman–Crippen MR) is 117 cm³/mol. The molecule has 0 spiro atoms. The normalized spacial score (nSPS) is 11.5. The molecule has 0 aliphatic heterocycles. The van der Waals surface area contributed by atoms with Crippen LogP contribution < -0.4 is 11.5 Å². The van der Waals surface area contributed by atoms with Crippen molar-refractivity contribution >= 4 is 33.4 Å². The molecule has 8 heteroatoms. The van der Waals surface area contributed by atoms with Crippen molar-refractivity contribution < 1.29 is 9.63 Å². The Morgan fingerprint density at radius 2 is 1.93 bits per heavy atom. The molecule has 0 amide bonds. The zero-order valence-corrected chi connectivity index (χ0v) is 18.0. The first-order chi connectivity index (χ1) is 13.8. The lowest BCUT2D eigenvalue weighted by Gasteiger charge is -2.08. The maximum absolute atomic E-state index is 12.4. The first-order valence-corrected chi connectivity index (χ1v) is 9.76. The lowest BCUT2D eigenvalue weighted by Crippen LogP contribution is -2.17. The van der Waals surface area contributed by atoms with Gasteiger partial charge in [0.15, 0.2) is 5.84 Å². The number of amidine groups is 1. The van der Waals surface area contributed by atoms with E-state index in [0.29, 0.717) is 23.4 Å². The molecule has 0 saturated carbocycles. The average molecular weight is 456 g/mol. The monoisotopic (exact) mass is 455 g/mol. The Morgan fingerprint density at radius 3 is 2.62 bits per heavy atom. The first-order valence-electron chi connectivity index (χ1n) is 8.96. The van der Waals surface area contributed by atoms with E-state index in [-0.39, 0.29) is 5.84 Å². The van der Waals surface area contributed by atoms with E-state index in [9.17, 15) is 4.79 Å². The highest BCUT2D eigenvalue weighted by Crippen LogP contribution is 2.21. The van der Waals surface area contributed by atoms with E-state index in [2.05, 4.69) is 26.2 Å². The topological polar surface area (TPSA) is 109 Å². The average Bonchev–Trinajstić information content (AvgIpc) is 2.94. The van der Waals surface area contributed by atoms with Crippen LogP contribution in [0.2, 0.25) is 0 Å². The van der Waals surface area contributed by atoms with Gasteiger partial charge >= 0.3 is 5.97 Å². The van der Waals surface area contributed by atoms with Gasteiger partial charge in [-0.1, -0.05) is 29.4 Å². The number of carbonyl (C=O) groups is 1. The second-order valence-corrected chi connectivity index (χ2v) is 7.51. The van der Waals surface area contributed by atoms with E-state index in [0.717, 1.165) is 27.0 Å². The van der Waals surface area contributed by atoms with Gasteiger partial charge in [0, 0.05) is 11.3 Å². The highest BCUT2D eigenvalue weighted by Gasteiger charge is 2.13. The van der Waals surface area contributed by atoms with Crippen LogP contribution in [0.4, 0.5) is 5.69 Å². The number of carbonyl (C=O) groups excluding carboxylic acids is 1. The van der Waals surface area contributed by atoms with Crippen molar-refractivity contribution in [2.24, 2.45) is 10.9 Å². The first kappa shape index (κ1) is 20.6. The molecule has 7 nitrogen and oxygen atoms in total. The summed E-state index contributed by atoms with van der Waals surface area (Å²) in [5.74, 6) is -0.502. The lowest BCUT2D eigenvalue weighted by molar-refractivity contribution is 0.0516. The minimum absolute atomic E-state index is 0.0896. The summed E-state index contributed by atoms with van der Waals surface area (Å²) < 4.78 is 2.86. The van der Waals surface area contributed by atoms with Crippen LogP contribution >= 0.6 is 15.9 Å². The van der Waals surface area contributed by atoms with E-state index in [4.69, 9.17) is 16.3 Å². The molecule has 150 valence electrons. The molecule has 1 aromatic heterocycles. The van der Waals surface area contributed by atoms with Gasteiger partial charge in [0.05, 0.1) is 28.0 Å². The summed E-state index contributed by atoms with van der Waals surface area (Å²) in [5.41, 5.74) is 17.1. The fraction of sp³-hybridized carbons (Fsp3) is 0.190. The molecule has 29 heavy (non-hydrogen) atoms. The Labute approximate surface area is 177 Å². The largest absolute Gasteiger partial charge is 0.398 e. The van der Waals surface area contributed by atoms with Crippen molar-refractivity contribution in [3.05, 3.63) is 80.6 Å². The standard InChI is InChI=1S/C21H22BrN5O2/c1-12-17(8-5-9-18(12)23)20(24)26-29-21(28)16-7-4-6-15(10-16)11-27-14(3)19(22)13(2)25-27/h4-10H,11,23H2,1-3H3,(H2,24,26). The summed E-state index contributed by atoms with van der Waals surface area (Å²) >= 11 is 3.52. The zero-order valence-electron chi connectivity index (χ0n) is 16.4. The van der Waals surface area contributed by atoms with Gasteiger partial charge in [-0.3, -0.25) is 4.68 Å². The highest BCUT2D eigenvalue weighted by molar-refractivity contribution is 9.10. The van der Waals surface area contributed by atoms with Crippen LogP contribution in [0.1, 0.15) is 38.4 Å². The van der Waals surface area contributed by atoms with E-state index in [1.54, 1.807) is 36.4 Å². The van der Waals surface area contributed by atoms with Crippen molar-refractivity contribution in [2.45, 2.75) is 27.3 Å². The summed E-state index contributed by atoms with van der Waals surface area (Å²) in [5, 5.41) is 8.27. The Morgan fingerprint density at radius 1 is 1.21 bits per heavy atom. The van der Waals surface area contributed by atoms with Gasteiger partial charge in [-0.25, -0.2) is 4.79 Å². The second-order valence-electron chi connectivity index (χ2n) is 6.72. The van der Waals surface area contributed by atoms with Crippen LogP contribution in [-0.4, -0.2) is 21.6 Å². The molecule has 0 saturated heterocycles. The van der Waals surface area contributed by atoms with Crippen molar-refractivity contribution in [3.8, 4) is 0 Å². The summed E-state index contributed by atoms with van der Waals surface area (Å²) in [7, 11) is 0. The molecule has 1 heterocycles. The molecule has 3 rings (SSSR count). The SMILES string of the molecule is Cc1nn(Cc2cccc(C(=O)O/N=C(\N)c3cccc(N)c3C)c2)c(C)c1Br. The number of nitrogen functional groups attached to an aromatic ring is 1. The van der Waals surface area contributed by atoms with Gasteiger partial charge in [-0.2, -0.15) is 5.10 Å². The van der Waals surface area contributed by atoms with Gasteiger partial charge in [-0.15, -0.1) is 0 Å². The Hall–Kier alpha value is -3.13. The van der Waals surface area contributed by atoms with Gasteiger partial charge in [-0.05, 0) is 66.0 Å². The van der Waals surface area contributed by atoms with Gasteiger partial charge in [0.1, 0.15) is 0 Å². The van der Waals surface area contributed by atoms with Gasteiger partial charge < -0.3 is 16.3 Å².